The Morgan fingerprint density at radius 1 is 0.889 bits per heavy atom. The Morgan fingerprint density at radius 3 is 2.33 bits per heavy atom. The fourth-order valence-electron chi connectivity index (χ4n) is 4.14. The molecule has 1 aliphatic heterocycles. The quantitative estimate of drug-likeness (QED) is 0.388. The number of carbonyl (C=O) groups excluding carboxylic acids is 2. The van der Waals surface area contributed by atoms with Gasteiger partial charge in [0.1, 0.15) is 0 Å². The van der Waals surface area contributed by atoms with Crippen LogP contribution >= 0.6 is 0 Å². The molecule has 4 aromatic rings. The van der Waals surface area contributed by atoms with Crippen molar-refractivity contribution < 1.29 is 9.59 Å². The Balaban J connectivity index is 1.27. The van der Waals surface area contributed by atoms with E-state index in [9.17, 15) is 9.59 Å². The molecule has 0 saturated carbocycles. The van der Waals surface area contributed by atoms with Crippen LogP contribution < -0.4 is 15.5 Å². The van der Waals surface area contributed by atoms with Crippen LogP contribution in [-0.2, 0) is 0 Å². The number of urea groups is 1. The lowest BCUT2D eigenvalue weighted by Gasteiger charge is -2.23. The Morgan fingerprint density at radius 2 is 1.64 bits per heavy atom. The predicted molar refractivity (Wildman–Crippen MR) is 144 cm³/mol. The molecule has 36 heavy (non-hydrogen) atoms. The summed E-state index contributed by atoms with van der Waals surface area (Å²) in [7, 11) is 3.93. The average molecular weight is 481 g/mol. The minimum atomic E-state index is -0.162. The highest BCUT2D eigenvalue weighted by Crippen LogP contribution is 2.24. The SMILES string of the molecule is CN(C)c1ccc(C(=O)Nc2ccc3c(cnn3-c3ccc(NC(=O)N4CC=CCC4)cc3)c2)cc1. The number of carbonyl (C=O) groups is 2. The van der Waals surface area contributed by atoms with Gasteiger partial charge < -0.3 is 20.4 Å². The van der Waals surface area contributed by atoms with Gasteiger partial charge in [0.05, 0.1) is 17.4 Å². The van der Waals surface area contributed by atoms with Gasteiger partial charge in [-0.2, -0.15) is 5.10 Å². The second-order valence-corrected chi connectivity index (χ2v) is 8.91. The lowest BCUT2D eigenvalue weighted by Crippen LogP contribution is -2.37. The molecule has 3 aromatic carbocycles. The van der Waals surface area contributed by atoms with Gasteiger partial charge in [0.2, 0.25) is 0 Å². The molecule has 0 saturated heterocycles. The zero-order valence-electron chi connectivity index (χ0n) is 20.3. The Bertz CT molecular complexity index is 1420. The number of hydrogen-bond donors (Lipinski definition) is 2. The van der Waals surface area contributed by atoms with Crippen LogP contribution in [-0.4, -0.2) is 53.8 Å². The fourth-order valence-corrected chi connectivity index (χ4v) is 4.14. The molecule has 5 rings (SSSR count). The zero-order chi connectivity index (χ0) is 25.1. The molecule has 182 valence electrons. The van der Waals surface area contributed by atoms with E-state index >= 15 is 0 Å². The third-order valence-electron chi connectivity index (χ3n) is 6.18. The summed E-state index contributed by atoms with van der Waals surface area (Å²) in [4.78, 5) is 28.9. The molecular formula is C28H28N6O2. The first-order valence-corrected chi connectivity index (χ1v) is 11.9. The maximum absolute atomic E-state index is 12.7. The van der Waals surface area contributed by atoms with Crippen LogP contribution in [0.2, 0.25) is 0 Å². The zero-order valence-corrected chi connectivity index (χ0v) is 20.3. The molecule has 0 aliphatic carbocycles. The Hall–Kier alpha value is -4.59. The van der Waals surface area contributed by atoms with E-state index < -0.39 is 0 Å². The van der Waals surface area contributed by atoms with E-state index in [1.807, 2.05) is 96.5 Å². The highest BCUT2D eigenvalue weighted by molar-refractivity contribution is 6.05. The van der Waals surface area contributed by atoms with Crippen LogP contribution in [0.3, 0.4) is 0 Å². The number of aromatic nitrogens is 2. The minimum Gasteiger partial charge on any atom is -0.378 e. The highest BCUT2D eigenvalue weighted by Gasteiger charge is 2.14. The van der Waals surface area contributed by atoms with Gasteiger partial charge in [-0.3, -0.25) is 4.79 Å². The van der Waals surface area contributed by atoms with Gasteiger partial charge in [-0.05, 0) is 73.2 Å². The number of hydrogen-bond acceptors (Lipinski definition) is 4. The van der Waals surface area contributed by atoms with Crippen LogP contribution in [0.4, 0.5) is 21.9 Å². The molecule has 0 atom stereocenters. The number of fused-ring (bicyclic) bond motifs is 1. The molecule has 0 spiro atoms. The van der Waals surface area contributed by atoms with E-state index in [0.29, 0.717) is 17.8 Å². The summed E-state index contributed by atoms with van der Waals surface area (Å²) in [5.41, 5.74) is 4.87. The van der Waals surface area contributed by atoms with E-state index in [0.717, 1.165) is 40.9 Å². The number of nitrogens with zero attached hydrogens (tertiary/aromatic N) is 4. The smallest absolute Gasteiger partial charge is 0.322 e. The van der Waals surface area contributed by atoms with Crippen LogP contribution in [0.1, 0.15) is 16.8 Å². The van der Waals surface area contributed by atoms with Crippen molar-refractivity contribution in [2.45, 2.75) is 6.42 Å². The third kappa shape index (κ3) is 4.93. The molecule has 8 nitrogen and oxygen atoms in total. The average Bonchev–Trinajstić information content (AvgIpc) is 3.33. The summed E-state index contributed by atoms with van der Waals surface area (Å²) >= 11 is 0. The number of benzene rings is 3. The molecule has 0 bridgehead atoms. The molecule has 0 fully saturated rings. The van der Waals surface area contributed by atoms with E-state index in [-0.39, 0.29) is 11.9 Å². The fraction of sp³-hybridized carbons (Fsp3) is 0.179. The maximum atomic E-state index is 12.7. The van der Waals surface area contributed by atoms with Crippen molar-refractivity contribution in [3.63, 3.8) is 0 Å². The first-order chi connectivity index (χ1) is 17.5. The molecule has 1 aliphatic rings. The van der Waals surface area contributed by atoms with Crippen molar-refractivity contribution in [1.82, 2.24) is 14.7 Å². The van der Waals surface area contributed by atoms with Crippen molar-refractivity contribution in [3.05, 3.63) is 90.6 Å². The van der Waals surface area contributed by atoms with Gasteiger partial charge in [-0.25, -0.2) is 9.48 Å². The van der Waals surface area contributed by atoms with Crippen molar-refractivity contribution in [1.29, 1.82) is 0 Å². The maximum Gasteiger partial charge on any atom is 0.322 e. The number of anilines is 3. The van der Waals surface area contributed by atoms with E-state index in [1.54, 1.807) is 11.1 Å². The second kappa shape index (κ2) is 9.95. The number of amides is 3. The predicted octanol–water partition coefficient (Wildman–Crippen LogP) is 5.14. The Labute approximate surface area is 209 Å². The largest absolute Gasteiger partial charge is 0.378 e. The van der Waals surface area contributed by atoms with E-state index in [1.165, 1.54) is 0 Å². The third-order valence-corrected chi connectivity index (χ3v) is 6.18. The van der Waals surface area contributed by atoms with Gasteiger partial charge in [0.15, 0.2) is 0 Å². The lowest BCUT2D eigenvalue weighted by atomic mass is 10.1. The summed E-state index contributed by atoms with van der Waals surface area (Å²) < 4.78 is 1.84. The molecule has 0 unspecified atom stereocenters. The molecule has 8 heteroatoms. The summed E-state index contributed by atoms with van der Waals surface area (Å²) in [6.45, 7) is 1.36. The molecule has 1 aromatic heterocycles. The van der Waals surface area contributed by atoms with Crippen LogP contribution in [0, 0.1) is 0 Å². The van der Waals surface area contributed by atoms with E-state index in [2.05, 4.69) is 21.8 Å². The molecule has 0 radical (unpaired) electrons. The van der Waals surface area contributed by atoms with Crippen molar-refractivity contribution >= 4 is 39.9 Å². The summed E-state index contributed by atoms with van der Waals surface area (Å²) in [6, 6.07) is 20.7. The summed E-state index contributed by atoms with van der Waals surface area (Å²) in [5, 5.41) is 11.4. The normalized spacial score (nSPS) is 13.0. The summed E-state index contributed by atoms with van der Waals surface area (Å²) in [5.74, 6) is -0.162. The van der Waals surface area contributed by atoms with Crippen LogP contribution in [0.5, 0.6) is 0 Å². The molecule has 2 heterocycles. The van der Waals surface area contributed by atoms with Gasteiger partial charge in [0, 0.05) is 55.2 Å². The highest BCUT2D eigenvalue weighted by atomic mass is 16.2. The topological polar surface area (TPSA) is 82.5 Å². The van der Waals surface area contributed by atoms with Gasteiger partial charge in [-0.1, -0.05) is 12.2 Å². The minimum absolute atomic E-state index is 0.0974. The van der Waals surface area contributed by atoms with Crippen LogP contribution in [0.15, 0.2) is 85.1 Å². The van der Waals surface area contributed by atoms with E-state index in [4.69, 9.17) is 0 Å². The van der Waals surface area contributed by atoms with Gasteiger partial charge in [-0.15, -0.1) is 0 Å². The van der Waals surface area contributed by atoms with Crippen LogP contribution in [0.25, 0.3) is 16.6 Å². The van der Waals surface area contributed by atoms with Gasteiger partial charge >= 0.3 is 6.03 Å². The second-order valence-electron chi connectivity index (χ2n) is 8.91. The lowest BCUT2D eigenvalue weighted by molar-refractivity contribution is 0.102. The summed E-state index contributed by atoms with van der Waals surface area (Å²) in [6.07, 6.45) is 6.76. The number of nitrogens with one attached hydrogen (secondary N) is 2. The first-order valence-electron chi connectivity index (χ1n) is 11.9. The molecular weight excluding hydrogens is 452 g/mol. The number of rotatable bonds is 5. The first kappa shape index (κ1) is 23.2. The van der Waals surface area contributed by atoms with Crippen molar-refractivity contribution in [2.75, 3.05) is 42.7 Å². The van der Waals surface area contributed by atoms with Crippen molar-refractivity contribution in [2.24, 2.45) is 0 Å². The molecule has 3 amide bonds. The standard InChI is InChI=1S/C28H28N6O2/c1-32(2)24-11-6-20(7-12-24)27(35)30-23-10-15-26-21(18-23)19-29-34(26)25-13-8-22(9-14-25)31-28(36)33-16-4-3-5-17-33/h3-4,6-15,18-19H,5,16-17H2,1-2H3,(H,30,35)(H,31,36). The molecule has 2 N–H and O–H groups in total. The Kier molecular flexibility index (Phi) is 6.40. The monoisotopic (exact) mass is 480 g/mol. The van der Waals surface area contributed by atoms with Gasteiger partial charge in [0.25, 0.3) is 5.91 Å². The van der Waals surface area contributed by atoms with Crippen molar-refractivity contribution in [3.8, 4) is 5.69 Å².